The van der Waals surface area contributed by atoms with Crippen LogP contribution in [-0.2, 0) is 29.1 Å². The van der Waals surface area contributed by atoms with Crippen LogP contribution < -0.4 is 14.9 Å². The molecule has 0 saturated carbocycles. The molecule has 2 N–H and O–H groups in total. The normalized spacial score (nSPS) is 16.9. The van der Waals surface area contributed by atoms with Crippen LogP contribution in [0.25, 0.3) is 0 Å². The van der Waals surface area contributed by atoms with Gasteiger partial charge >= 0.3 is 5.97 Å². The van der Waals surface area contributed by atoms with Gasteiger partial charge in [0.2, 0.25) is 15.9 Å². The second-order valence-corrected chi connectivity index (χ2v) is 9.74. The number of hydrogen-bond acceptors (Lipinski definition) is 6. The van der Waals surface area contributed by atoms with Crippen LogP contribution in [-0.4, -0.2) is 43.9 Å². The summed E-state index contributed by atoms with van der Waals surface area (Å²) in [5.74, 6) is -3.10. The van der Waals surface area contributed by atoms with Crippen LogP contribution in [0.4, 0.5) is 15.8 Å². The van der Waals surface area contributed by atoms with Crippen LogP contribution in [0.15, 0.2) is 53.4 Å². The van der Waals surface area contributed by atoms with E-state index in [1.807, 2.05) is 4.72 Å². The standard InChI is InChI=1S/C22H24FN3O6S/c1-13(25-33(30,31)18-12-8-5-9-15(18)23)20(28)32-14(2)19(27)26-17-11-7-6-10-16(17)24-21(29)22(26,3)4/h5-14,25H,1-4H3,(H,24,29). The van der Waals surface area contributed by atoms with E-state index in [1.165, 1.54) is 30.9 Å². The molecule has 33 heavy (non-hydrogen) atoms. The van der Waals surface area contributed by atoms with Gasteiger partial charge in [0.05, 0.1) is 11.4 Å². The molecule has 3 rings (SSSR count). The summed E-state index contributed by atoms with van der Waals surface area (Å²) in [5.41, 5.74) is -0.410. The van der Waals surface area contributed by atoms with E-state index in [0.717, 1.165) is 12.1 Å². The Labute approximate surface area is 191 Å². The largest absolute Gasteiger partial charge is 0.451 e. The molecular weight excluding hydrogens is 453 g/mol. The van der Waals surface area contributed by atoms with Crippen LogP contribution in [0.2, 0.25) is 0 Å². The molecule has 0 bridgehead atoms. The van der Waals surface area contributed by atoms with Gasteiger partial charge in [0.1, 0.15) is 22.3 Å². The minimum Gasteiger partial charge on any atom is -0.451 e. The lowest BCUT2D eigenvalue weighted by atomic mass is 9.95. The lowest BCUT2D eigenvalue weighted by molar-refractivity contribution is -0.155. The molecule has 0 radical (unpaired) electrons. The molecule has 0 saturated heterocycles. The number of halogens is 1. The number of nitrogens with zero attached hydrogens (tertiary/aromatic N) is 1. The molecule has 2 amide bonds. The van der Waals surface area contributed by atoms with Crippen molar-refractivity contribution in [3.8, 4) is 0 Å². The van der Waals surface area contributed by atoms with Gasteiger partial charge in [-0.1, -0.05) is 24.3 Å². The number of rotatable bonds is 6. The van der Waals surface area contributed by atoms with Gasteiger partial charge in [-0.2, -0.15) is 4.72 Å². The first-order valence-corrected chi connectivity index (χ1v) is 11.6. The number of carbonyl (C=O) groups excluding carboxylic acids is 3. The van der Waals surface area contributed by atoms with Crippen molar-refractivity contribution in [2.75, 3.05) is 10.2 Å². The highest BCUT2D eigenvalue weighted by molar-refractivity contribution is 7.89. The van der Waals surface area contributed by atoms with Gasteiger partial charge in [-0.15, -0.1) is 0 Å². The molecule has 0 fully saturated rings. The lowest BCUT2D eigenvalue weighted by Crippen LogP contribution is -2.60. The van der Waals surface area contributed by atoms with Crippen molar-refractivity contribution in [3.05, 3.63) is 54.3 Å². The van der Waals surface area contributed by atoms with E-state index < -0.39 is 56.2 Å². The Morgan fingerprint density at radius 2 is 1.70 bits per heavy atom. The maximum atomic E-state index is 13.9. The maximum absolute atomic E-state index is 13.9. The second-order valence-electron chi connectivity index (χ2n) is 8.06. The smallest absolute Gasteiger partial charge is 0.324 e. The van der Waals surface area contributed by atoms with Gasteiger partial charge in [-0.05, 0) is 52.0 Å². The Hall–Kier alpha value is -3.31. The average Bonchev–Trinajstić information content (AvgIpc) is 2.73. The zero-order chi connectivity index (χ0) is 24.6. The van der Waals surface area contributed by atoms with Gasteiger partial charge < -0.3 is 10.1 Å². The predicted octanol–water partition coefficient (Wildman–Crippen LogP) is 2.19. The van der Waals surface area contributed by atoms with Gasteiger partial charge in [0.25, 0.3) is 5.91 Å². The first-order chi connectivity index (χ1) is 15.4. The minimum absolute atomic E-state index is 0.418. The van der Waals surface area contributed by atoms with E-state index >= 15 is 0 Å². The van der Waals surface area contributed by atoms with Crippen molar-refractivity contribution in [1.82, 2.24) is 4.72 Å². The average molecular weight is 478 g/mol. The van der Waals surface area contributed by atoms with Crippen LogP contribution in [0.5, 0.6) is 0 Å². The number of anilines is 2. The molecular formula is C22H24FN3O6S. The highest BCUT2D eigenvalue weighted by atomic mass is 32.2. The molecule has 2 unspecified atom stereocenters. The molecule has 2 atom stereocenters. The number of fused-ring (bicyclic) bond motifs is 1. The first kappa shape index (κ1) is 24.3. The molecule has 2 aromatic carbocycles. The Morgan fingerprint density at radius 1 is 1.09 bits per heavy atom. The molecule has 1 aliphatic rings. The number of esters is 1. The van der Waals surface area contributed by atoms with E-state index in [2.05, 4.69) is 5.32 Å². The van der Waals surface area contributed by atoms with E-state index in [1.54, 1.807) is 38.1 Å². The van der Waals surface area contributed by atoms with Gasteiger partial charge in [0.15, 0.2) is 6.10 Å². The summed E-state index contributed by atoms with van der Waals surface area (Å²) in [7, 11) is -4.35. The summed E-state index contributed by atoms with van der Waals surface area (Å²) < 4.78 is 45.9. The topological polar surface area (TPSA) is 122 Å². The number of amides is 2. The quantitative estimate of drug-likeness (QED) is 0.615. The minimum atomic E-state index is -4.35. The fourth-order valence-corrected chi connectivity index (χ4v) is 4.63. The van der Waals surface area contributed by atoms with E-state index in [4.69, 9.17) is 4.74 Å². The van der Waals surface area contributed by atoms with E-state index in [-0.39, 0.29) is 0 Å². The summed E-state index contributed by atoms with van der Waals surface area (Å²) >= 11 is 0. The highest BCUT2D eigenvalue weighted by Gasteiger charge is 2.45. The van der Waals surface area contributed by atoms with Crippen molar-refractivity contribution in [2.24, 2.45) is 0 Å². The molecule has 176 valence electrons. The summed E-state index contributed by atoms with van der Waals surface area (Å²) in [5, 5.41) is 2.73. The van der Waals surface area contributed by atoms with Crippen LogP contribution in [0.1, 0.15) is 27.7 Å². The number of ether oxygens (including phenoxy) is 1. The van der Waals surface area contributed by atoms with E-state index in [9.17, 15) is 27.2 Å². The maximum Gasteiger partial charge on any atom is 0.324 e. The number of benzene rings is 2. The summed E-state index contributed by atoms with van der Waals surface area (Å²) in [6.45, 7) is 5.64. The van der Waals surface area contributed by atoms with Gasteiger partial charge in [0, 0.05) is 0 Å². The monoisotopic (exact) mass is 477 g/mol. The SMILES string of the molecule is CC(NS(=O)(=O)c1ccccc1F)C(=O)OC(C)C(=O)N1c2ccccc2NC(=O)C1(C)C. The molecule has 1 heterocycles. The number of hydrogen-bond donors (Lipinski definition) is 2. The summed E-state index contributed by atoms with van der Waals surface area (Å²) in [4.78, 5) is 38.9. The first-order valence-electron chi connectivity index (χ1n) is 10.1. The number of nitrogens with one attached hydrogen (secondary N) is 2. The molecule has 2 aromatic rings. The third-order valence-electron chi connectivity index (χ3n) is 5.18. The summed E-state index contributed by atoms with van der Waals surface area (Å²) in [6.07, 6.45) is -1.34. The highest BCUT2D eigenvalue weighted by Crippen LogP contribution is 2.37. The summed E-state index contributed by atoms with van der Waals surface area (Å²) in [6, 6.07) is 9.99. The van der Waals surface area contributed by atoms with Gasteiger partial charge in [-0.3, -0.25) is 19.3 Å². The molecule has 0 spiro atoms. The fraction of sp³-hybridized carbons (Fsp3) is 0.318. The Morgan fingerprint density at radius 3 is 2.36 bits per heavy atom. The lowest BCUT2D eigenvalue weighted by Gasteiger charge is -2.42. The zero-order valence-corrected chi connectivity index (χ0v) is 19.3. The molecule has 0 aromatic heterocycles. The van der Waals surface area contributed by atoms with Gasteiger partial charge in [-0.25, -0.2) is 12.8 Å². The van der Waals surface area contributed by atoms with E-state index in [0.29, 0.717) is 11.4 Å². The molecule has 9 nitrogen and oxygen atoms in total. The Balaban J connectivity index is 1.76. The molecule has 1 aliphatic heterocycles. The van der Waals surface area contributed by atoms with Crippen molar-refractivity contribution in [3.63, 3.8) is 0 Å². The van der Waals surface area contributed by atoms with Crippen molar-refractivity contribution in [2.45, 2.75) is 50.3 Å². The fourth-order valence-electron chi connectivity index (χ4n) is 3.36. The number of sulfonamides is 1. The zero-order valence-electron chi connectivity index (χ0n) is 18.5. The predicted molar refractivity (Wildman–Crippen MR) is 118 cm³/mol. The van der Waals surface area contributed by atoms with Crippen LogP contribution in [0, 0.1) is 5.82 Å². The third kappa shape index (κ3) is 4.74. The van der Waals surface area contributed by atoms with Crippen molar-refractivity contribution < 1.29 is 31.9 Å². The Bertz CT molecular complexity index is 1210. The molecule has 11 heteroatoms. The molecule has 0 aliphatic carbocycles. The van der Waals surface area contributed by atoms with Crippen LogP contribution in [0.3, 0.4) is 0 Å². The van der Waals surface area contributed by atoms with Crippen molar-refractivity contribution in [1.29, 1.82) is 0 Å². The third-order valence-corrected chi connectivity index (χ3v) is 6.75. The Kier molecular flexibility index (Phi) is 6.57. The second kappa shape index (κ2) is 8.91. The van der Waals surface area contributed by atoms with Crippen LogP contribution >= 0.6 is 0 Å². The number of para-hydroxylation sites is 2. The van der Waals surface area contributed by atoms with Crippen molar-refractivity contribution >= 4 is 39.2 Å². The number of carbonyl (C=O) groups is 3.